The van der Waals surface area contributed by atoms with Crippen molar-refractivity contribution in [3.8, 4) is 5.75 Å². The van der Waals surface area contributed by atoms with E-state index in [0.29, 0.717) is 24.5 Å². The molecule has 0 unspecified atom stereocenters. The maximum atomic E-state index is 12.2. The minimum Gasteiger partial charge on any atom is -0.488 e. The predicted molar refractivity (Wildman–Crippen MR) is 111 cm³/mol. The maximum absolute atomic E-state index is 12.2. The number of Topliss-reactive ketones (excluding diaryl/α,β-unsaturated/α-hetero) is 1. The van der Waals surface area contributed by atoms with Crippen LogP contribution in [0.3, 0.4) is 0 Å². The number of carbonyl (C=O) groups is 1. The normalized spacial score (nSPS) is 10.6. The summed E-state index contributed by atoms with van der Waals surface area (Å²) in [5, 5.41) is 0.659. The van der Waals surface area contributed by atoms with E-state index in [9.17, 15) is 4.79 Å². The summed E-state index contributed by atoms with van der Waals surface area (Å²) in [4.78, 5) is 16.3. The summed E-state index contributed by atoms with van der Waals surface area (Å²) in [5.41, 5.74) is 3.15. The van der Waals surface area contributed by atoms with Gasteiger partial charge in [-0.15, -0.1) is 0 Å². The molecule has 0 radical (unpaired) electrons. The van der Waals surface area contributed by atoms with Gasteiger partial charge in [-0.25, -0.2) is 0 Å². The van der Waals surface area contributed by atoms with Crippen LogP contribution in [0.1, 0.15) is 23.1 Å². The van der Waals surface area contributed by atoms with Crippen molar-refractivity contribution in [2.24, 2.45) is 0 Å². The number of benzene rings is 2. The lowest BCUT2D eigenvalue weighted by Crippen LogP contribution is -2.05. The van der Waals surface area contributed by atoms with E-state index in [1.54, 1.807) is 24.5 Å². The largest absolute Gasteiger partial charge is 0.488 e. The summed E-state index contributed by atoms with van der Waals surface area (Å²) < 4.78 is 6.63. The summed E-state index contributed by atoms with van der Waals surface area (Å²) in [7, 11) is 0. The highest BCUT2D eigenvalue weighted by Gasteiger charge is 2.06. The number of rotatable bonds is 8. The molecule has 0 saturated carbocycles. The molecule has 0 saturated heterocycles. The fourth-order valence-corrected chi connectivity index (χ4v) is 3.45. The minimum atomic E-state index is 0.230. The zero-order valence-corrected chi connectivity index (χ0v) is 17.0. The van der Waals surface area contributed by atoms with Gasteiger partial charge in [-0.2, -0.15) is 0 Å². The highest BCUT2D eigenvalue weighted by Crippen LogP contribution is 2.28. The number of pyridine rings is 1. The quantitative estimate of drug-likeness (QED) is 0.439. The number of aryl methyl sites for hydroxylation is 1. The van der Waals surface area contributed by atoms with Gasteiger partial charge >= 0.3 is 0 Å². The lowest BCUT2D eigenvalue weighted by molar-refractivity contribution is -0.118. The van der Waals surface area contributed by atoms with Crippen LogP contribution in [0.25, 0.3) is 0 Å². The van der Waals surface area contributed by atoms with Crippen LogP contribution in [0, 0.1) is 0 Å². The number of hydrogen-bond donors (Lipinski definition) is 0. The molecule has 0 aliphatic carbocycles. The molecule has 2 aromatic carbocycles. The lowest BCUT2D eigenvalue weighted by atomic mass is 10.0. The Labute approximate surface area is 172 Å². The zero-order chi connectivity index (χ0) is 19.1. The van der Waals surface area contributed by atoms with Crippen LogP contribution >= 0.6 is 27.5 Å². The number of ether oxygens (including phenoxy) is 1. The first kappa shape index (κ1) is 19.6. The molecular formula is C22H19BrClNO2. The molecule has 3 aromatic rings. The van der Waals surface area contributed by atoms with Crippen LogP contribution in [0.15, 0.2) is 71.5 Å². The third kappa shape index (κ3) is 6.19. The highest BCUT2D eigenvalue weighted by molar-refractivity contribution is 9.10. The summed E-state index contributed by atoms with van der Waals surface area (Å²) in [6, 6.07) is 17.3. The smallest absolute Gasteiger partial charge is 0.137 e. The number of ketones is 1. The number of hydrogen-bond acceptors (Lipinski definition) is 3. The van der Waals surface area contributed by atoms with Gasteiger partial charge < -0.3 is 4.74 Å². The van der Waals surface area contributed by atoms with E-state index < -0.39 is 0 Å². The standard InChI is InChI=1S/C22H19BrClNO2/c23-21-13-19(24)8-10-22(21)27-15-18-5-3-16(4-6-18)12-20(26)9-7-17-2-1-11-25-14-17/h1-6,8,10-11,13-14H,7,9,12,15H2. The Bertz CT molecular complexity index is 898. The fourth-order valence-electron chi connectivity index (χ4n) is 2.65. The molecule has 0 aliphatic heterocycles. The molecule has 0 aliphatic rings. The monoisotopic (exact) mass is 443 g/mol. The van der Waals surface area contributed by atoms with Gasteiger partial charge in [0.05, 0.1) is 4.47 Å². The highest BCUT2D eigenvalue weighted by atomic mass is 79.9. The summed E-state index contributed by atoms with van der Waals surface area (Å²) in [5.74, 6) is 0.974. The third-order valence-electron chi connectivity index (χ3n) is 4.13. The third-order valence-corrected chi connectivity index (χ3v) is 4.98. The second-order valence-corrected chi connectivity index (χ2v) is 7.55. The average Bonchev–Trinajstić information content (AvgIpc) is 2.68. The van der Waals surface area contributed by atoms with E-state index in [0.717, 1.165) is 33.3 Å². The van der Waals surface area contributed by atoms with Crippen molar-refractivity contribution in [3.05, 3.63) is 93.2 Å². The maximum Gasteiger partial charge on any atom is 0.137 e. The predicted octanol–water partition coefficient (Wildman–Crippen LogP) is 5.82. The topological polar surface area (TPSA) is 39.2 Å². The molecule has 5 heteroatoms. The van der Waals surface area contributed by atoms with E-state index in [1.807, 2.05) is 42.5 Å². The van der Waals surface area contributed by atoms with Gasteiger partial charge in [0.2, 0.25) is 0 Å². The molecule has 0 atom stereocenters. The van der Waals surface area contributed by atoms with E-state index in [2.05, 4.69) is 20.9 Å². The Kier molecular flexibility index (Phi) is 7.02. The SMILES string of the molecule is O=C(CCc1cccnc1)Cc1ccc(COc2ccc(Cl)cc2Br)cc1. The van der Waals surface area contributed by atoms with E-state index >= 15 is 0 Å². The Hall–Kier alpha value is -2.17. The van der Waals surface area contributed by atoms with Gasteiger partial charge in [0.1, 0.15) is 18.1 Å². The van der Waals surface area contributed by atoms with Crippen molar-refractivity contribution >= 4 is 33.3 Å². The van der Waals surface area contributed by atoms with Gasteiger partial charge in [0.15, 0.2) is 0 Å². The Balaban J connectivity index is 1.48. The van der Waals surface area contributed by atoms with Crippen molar-refractivity contribution in [1.82, 2.24) is 4.98 Å². The second-order valence-electron chi connectivity index (χ2n) is 6.26. The van der Waals surface area contributed by atoms with Crippen molar-refractivity contribution in [2.75, 3.05) is 0 Å². The van der Waals surface area contributed by atoms with Crippen LogP contribution in [-0.2, 0) is 24.2 Å². The molecule has 0 N–H and O–H groups in total. The number of aromatic nitrogens is 1. The molecule has 1 aromatic heterocycles. The second kappa shape index (κ2) is 9.67. The first-order valence-electron chi connectivity index (χ1n) is 8.66. The fraction of sp³-hybridized carbons (Fsp3) is 0.182. The molecule has 3 nitrogen and oxygen atoms in total. The minimum absolute atomic E-state index is 0.230. The molecule has 27 heavy (non-hydrogen) atoms. The molecular weight excluding hydrogens is 426 g/mol. The molecule has 0 spiro atoms. The van der Waals surface area contributed by atoms with Crippen molar-refractivity contribution in [3.63, 3.8) is 0 Å². The number of carbonyl (C=O) groups excluding carboxylic acids is 1. The van der Waals surface area contributed by atoms with E-state index in [4.69, 9.17) is 16.3 Å². The van der Waals surface area contributed by atoms with Crippen LogP contribution < -0.4 is 4.74 Å². The van der Waals surface area contributed by atoms with Crippen LogP contribution in [0.2, 0.25) is 5.02 Å². The molecule has 138 valence electrons. The summed E-state index contributed by atoms with van der Waals surface area (Å²) >= 11 is 9.37. The lowest BCUT2D eigenvalue weighted by Gasteiger charge is -2.09. The summed E-state index contributed by atoms with van der Waals surface area (Å²) in [6.07, 6.45) is 5.25. The molecule has 3 rings (SSSR count). The zero-order valence-electron chi connectivity index (χ0n) is 14.7. The van der Waals surface area contributed by atoms with Gasteiger partial charge in [0.25, 0.3) is 0 Å². The van der Waals surface area contributed by atoms with Gasteiger partial charge in [-0.1, -0.05) is 41.9 Å². The van der Waals surface area contributed by atoms with Gasteiger partial charge in [-0.05, 0) is 63.3 Å². The number of halogens is 2. The Morgan fingerprint density at radius 2 is 1.81 bits per heavy atom. The van der Waals surface area contributed by atoms with E-state index in [1.165, 1.54) is 0 Å². The van der Waals surface area contributed by atoms with Crippen molar-refractivity contribution in [1.29, 1.82) is 0 Å². The first-order valence-corrected chi connectivity index (χ1v) is 9.83. The molecule has 0 amide bonds. The van der Waals surface area contributed by atoms with Crippen LogP contribution in [0.5, 0.6) is 5.75 Å². The van der Waals surface area contributed by atoms with Crippen molar-refractivity contribution < 1.29 is 9.53 Å². The first-order chi connectivity index (χ1) is 13.1. The average molecular weight is 445 g/mol. The Morgan fingerprint density at radius 3 is 2.52 bits per heavy atom. The van der Waals surface area contributed by atoms with Gasteiger partial charge in [0, 0.05) is 30.3 Å². The molecule has 1 heterocycles. The molecule has 0 bridgehead atoms. The Morgan fingerprint density at radius 1 is 1.04 bits per heavy atom. The van der Waals surface area contributed by atoms with Crippen LogP contribution in [-0.4, -0.2) is 10.8 Å². The van der Waals surface area contributed by atoms with Crippen molar-refractivity contribution in [2.45, 2.75) is 25.9 Å². The van der Waals surface area contributed by atoms with E-state index in [-0.39, 0.29) is 5.78 Å². The number of nitrogens with zero attached hydrogens (tertiary/aromatic N) is 1. The summed E-state index contributed by atoms with van der Waals surface area (Å²) in [6.45, 7) is 0.454. The van der Waals surface area contributed by atoms with Gasteiger partial charge in [-0.3, -0.25) is 9.78 Å². The molecule has 0 fully saturated rings. The van der Waals surface area contributed by atoms with Crippen LogP contribution in [0.4, 0.5) is 0 Å².